The van der Waals surface area contributed by atoms with Gasteiger partial charge in [-0.05, 0) is 18.6 Å². The van der Waals surface area contributed by atoms with Crippen LogP contribution in [0.4, 0.5) is 5.69 Å². The number of ether oxygens (including phenoxy) is 1. The molecule has 0 atom stereocenters. The lowest BCUT2D eigenvalue weighted by Crippen LogP contribution is -2.21. The molecule has 1 aromatic carbocycles. The second-order valence-corrected chi connectivity index (χ2v) is 3.99. The summed E-state index contributed by atoms with van der Waals surface area (Å²) in [5, 5.41) is 10.9. The minimum Gasteiger partial charge on any atom is -0.487 e. The Kier molecular flexibility index (Phi) is 4.65. The molecular weight excluding hydrogens is 236 g/mol. The van der Waals surface area contributed by atoms with Crippen LogP contribution < -0.4 is 4.74 Å². The fraction of sp³-hybridized carbons (Fsp3) is 0.417. The number of nitro benzene ring substituents is 1. The van der Waals surface area contributed by atoms with Crippen molar-refractivity contribution in [2.75, 3.05) is 20.7 Å². The van der Waals surface area contributed by atoms with E-state index in [0.717, 1.165) is 6.42 Å². The first-order valence-electron chi connectivity index (χ1n) is 5.60. The molecule has 0 saturated carbocycles. The van der Waals surface area contributed by atoms with E-state index in [2.05, 4.69) is 0 Å². The molecule has 98 valence electrons. The Hall–Kier alpha value is -2.11. The number of carbonyl (C=O) groups is 1. The summed E-state index contributed by atoms with van der Waals surface area (Å²) in [5.74, 6) is -0.0858. The van der Waals surface area contributed by atoms with E-state index in [4.69, 9.17) is 4.74 Å². The minimum absolute atomic E-state index is 0.184. The van der Waals surface area contributed by atoms with Crippen LogP contribution in [-0.2, 0) is 0 Å². The quantitative estimate of drug-likeness (QED) is 0.594. The maximum Gasteiger partial charge on any atom is 0.311 e. The molecule has 1 aromatic rings. The van der Waals surface area contributed by atoms with Gasteiger partial charge in [0.05, 0.1) is 11.5 Å². The van der Waals surface area contributed by atoms with Crippen LogP contribution in [0.15, 0.2) is 18.2 Å². The molecule has 6 nitrogen and oxygen atoms in total. The van der Waals surface area contributed by atoms with Crippen molar-refractivity contribution in [2.24, 2.45) is 0 Å². The van der Waals surface area contributed by atoms with Crippen molar-refractivity contribution in [3.8, 4) is 5.75 Å². The van der Waals surface area contributed by atoms with Crippen LogP contribution in [0.3, 0.4) is 0 Å². The van der Waals surface area contributed by atoms with Crippen molar-refractivity contribution in [3.63, 3.8) is 0 Å². The normalized spacial score (nSPS) is 9.94. The van der Waals surface area contributed by atoms with Gasteiger partial charge in [-0.25, -0.2) is 0 Å². The van der Waals surface area contributed by atoms with E-state index in [0.29, 0.717) is 6.61 Å². The molecule has 0 unspecified atom stereocenters. The molecular formula is C12H16N2O4. The molecule has 0 heterocycles. The van der Waals surface area contributed by atoms with Crippen LogP contribution in [0.25, 0.3) is 0 Å². The summed E-state index contributed by atoms with van der Waals surface area (Å²) >= 11 is 0. The Balaban J connectivity index is 3.11. The fourth-order valence-corrected chi connectivity index (χ4v) is 1.39. The second kappa shape index (κ2) is 6.00. The van der Waals surface area contributed by atoms with E-state index in [-0.39, 0.29) is 22.9 Å². The fourth-order valence-electron chi connectivity index (χ4n) is 1.39. The molecule has 0 aromatic heterocycles. The molecule has 0 radical (unpaired) electrons. The average molecular weight is 252 g/mol. The SMILES string of the molecule is CCCOc1ccc(C(=O)N(C)C)cc1[N+](=O)[O-]. The maximum atomic E-state index is 11.7. The van der Waals surface area contributed by atoms with E-state index >= 15 is 0 Å². The van der Waals surface area contributed by atoms with Gasteiger partial charge in [0.25, 0.3) is 5.91 Å². The molecule has 0 fully saturated rings. The van der Waals surface area contributed by atoms with Gasteiger partial charge in [0.1, 0.15) is 0 Å². The highest BCUT2D eigenvalue weighted by Gasteiger charge is 2.19. The molecule has 1 rings (SSSR count). The van der Waals surface area contributed by atoms with E-state index in [1.165, 1.54) is 23.1 Å². The smallest absolute Gasteiger partial charge is 0.311 e. The summed E-state index contributed by atoms with van der Waals surface area (Å²) in [6.07, 6.45) is 0.759. The van der Waals surface area contributed by atoms with Crippen LogP contribution >= 0.6 is 0 Å². The predicted octanol–water partition coefficient (Wildman–Crippen LogP) is 2.09. The monoisotopic (exact) mass is 252 g/mol. The summed E-state index contributed by atoms with van der Waals surface area (Å²) in [6.45, 7) is 2.32. The average Bonchev–Trinajstić information content (AvgIpc) is 2.34. The number of rotatable bonds is 5. The molecule has 1 amide bonds. The number of hydrogen-bond acceptors (Lipinski definition) is 4. The third-order valence-electron chi connectivity index (χ3n) is 2.27. The largest absolute Gasteiger partial charge is 0.487 e. The van der Waals surface area contributed by atoms with Crippen molar-refractivity contribution in [3.05, 3.63) is 33.9 Å². The van der Waals surface area contributed by atoms with Crippen LogP contribution in [0.2, 0.25) is 0 Å². The van der Waals surface area contributed by atoms with Crippen LogP contribution in [0.5, 0.6) is 5.75 Å². The lowest BCUT2D eigenvalue weighted by atomic mass is 10.1. The summed E-state index contributed by atoms with van der Waals surface area (Å²) in [5.41, 5.74) is 0.0895. The highest BCUT2D eigenvalue weighted by Crippen LogP contribution is 2.28. The Morgan fingerprint density at radius 3 is 2.61 bits per heavy atom. The third kappa shape index (κ3) is 3.19. The predicted molar refractivity (Wildman–Crippen MR) is 66.9 cm³/mol. The molecule has 0 bridgehead atoms. The number of amides is 1. The zero-order chi connectivity index (χ0) is 13.7. The summed E-state index contributed by atoms with van der Waals surface area (Å²) in [4.78, 5) is 23.5. The van der Waals surface area contributed by atoms with E-state index in [1.54, 1.807) is 14.1 Å². The highest BCUT2D eigenvalue weighted by atomic mass is 16.6. The Morgan fingerprint density at radius 1 is 1.44 bits per heavy atom. The van der Waals surface area contributed by atoms with Gasteiger partial charge < -0.3 is 9.64 Å². The number of hydrogen-bond donors (Lipinski definition) is 0. The van der Waals surface area contributed by atoms with Gasteiger partial charge >= 0.3 is 5.69 Å². The molecule has 0 aliphatic rings. The van der Waals surface area contributed by atoms with Crippen molar-refractivity contribution in [1.82, 2.24) is 4.90 Å². The molecule has 0 spiro atoms. The number of nitro groups is 1. The summed E-state index contributed by atoms with van der Waals surface area (Å²) in [7, 11) is 3.19. The first-order chi connectivity index (χ1) is 8.47. The summed E-state index contributed by atoms with van der Waals surface area (Å²) < 4.78 is 5.28. The zero-order valence-corrected chi connectivity index (χ0v) is 10.7. The standard InChI is InChI=1S/C12H16N2O4/c1-4-7-18-11-6-5-9(12(15)13(2)3)8-10(11)14(16)17/h5-6,8H,4,7H2,1-3H3. The molecule has 0 aliphatic carbocycles. The molecule has 0 aliphatic heterocycles. The number of carbonyl (C=O) groups excluding carboxylic acids is 1. The van der Waals surface area contributed by atoms with Crippen LogP contribution in [0, 0.1) is 10.1 Å². The maximum absolute atomic E-state index is 11.7. The van der Waals surface area contributed by atoms with E-state index in [1.807, 2.05) is 6.92 Å². The molecule has 18 heavy (non-hydrogen) atoms. The topological polar surface area (TPSA) is 72.7 Å². The van der Waals surface area contributed by atoms with Gasteiger partial charge in [-0.15, -0.1) is 0 Å². The van der Waals surface area contributed by atoms with Crippen LogP contribution in [0.1, 0.15) is 23.7 Å². The zero-order valence-electron chi connectivity index (χ0n) is 10.7. The van der Waals surface area contributed by atoms with E-state index in [9.17, 15) is 14.9 Å². The molecule has 0 saturated heterocycles. The van der Waals surface area contributed by atoms with Gasteiger partial charge in [-0.3, -0.25) is 14.9 Å². The first kappa shape index (κ1) is 14.0. The van der Waals surface area contributed by atoms with Crippen molar-refractivity contribution >= 4 is 11.6 Å². The lowest BCUT2D eigenvalue weighted by Gasteiger charge is -2.11. The Bertz CT molecular complexity index is 457. The Labute approximate surface area is 105 Å². The van der Waals surface area contributed by atoms with Gasteiger partial charge in [-0.2, -0.15) is 0 Å². The number of benzene rings is 1. The molecule has 6 heteroatoms. The van der Waals surface area contributed by atoms with Crippen molar-refractivity contribution < 1.29 is 14.5 Å². The van der Waals surface area contributed by atoms with Gasteiger partial charge in [0, 0.05) is 25.7 Å². The highest BCUT2D eigenvalue weighted by molar-refractivity contribution is 5.94. The third-order valence-corrected chi connectivity index (χ3v) is 2.27. The van der Waals surface area contributed by atoms with Gasteiger partial charge in [-0.1, -0.05) is 6.92 Å². The van der Waals surface area contributed by atoms with Gasteiger partial charge in [0.2, 0.25) is 0 Å². The van der Waals surface area contributed by atoms with E-state index < -0.39 is 4.92 Å². The summed E-state index contributed by atoms with van der Waals surface area (Å²) in [6, 6.07) is 4.23. The molecule has 0 N–H and O–H groups in total. The van der Waals surface area contributed by atoms with Gasteiger partial charge in [0.15, 0.2) is 5.75 Å². The van der Waals surface area contributed by atoms with Crippen LogP contribution in [-0.4, -0.2) is 36.4 Å². The Morgan fingerprint density at radius 2 is 2.11 bits per heavy atom. The minimum atomic E-state index is -0.544. The number of nitrogens with zero attached hydrogens (tertiary/aromatic N) is 2. The first-order valence-corrected chi connectivity index (χ1v) is 5.60. The second-order valence-electron chi connectivity index (χ2n) is 3.99. The van der Waals surface area contributed by atoms with Crippen molar-refractivity contribution in [1.29, 1.82) is 0 Å². The van der Waals surface area contributed by atoms with Crippen molar-refractivity contribution in [2.45, 2.75) is 13.3 Å². The lowest BCUT2D eigenvalue weighted by molar-refractivity contribution is -0.385.